The van der Waals surface area contributed by atoms with Crippen LogP contribution in [-0.2, 0) is 0 Å². The van der Waals surface area contributed by atoms with E-state index in [1.54, 1.807) is 0 Å². The summed E-state index contributed by atoms with van der Waals surface area (Å²) in [6.07, 6.45) is 2.26. The fourth-order valence-electron chi connectivity index (χ4n) is 2.88. The van der Waals surface area contributed by atoms with Crippen LogP contribution in [0.2, 0.25) is 0 Å². The number of rotatable bonds is 4. The summed E-state index contributed by atoms with van der Waals surface area (Å²) in [5.74, 6) is 1.07. The SMILES string of the molecule is Cc1cc(C)c2c(N)nc(NC3(CN(C)C)CC3)nc2n1. The molecule has 0 spiro atoms. The van der Waals surface area contributed by atoms with Crippen LogP contribution in [0.3, 0.4) is 0 Å². The number of nitrogens with zero attached hydrogens (tertiary/aromatic N) is 4. The molecule has 0 bridgehead atoms. The monoisotopic (exact) mass is 286 g/mol. The van der Waals surface area contributed by atoms with Crippen molar-refractivity contribution >= 4 is 22.8 Å². The van der Waals surface area contributed by atoms with Crippen LogP contribution < -0.4 is 11.1 Å². The lowest BCUT2D eigenvalue weighted by Crippen LogP contribution is -2.35. The molecule has 0 unspecified atom stereocenters. The van der Waals surface area contributed by atoms with Crippen LogP contribution >= 0.6 is 0 Å². The number of hydrogen-bond donors (Lipinski definition) is 2. The van der Waals surface area contributed by atoms with Crippen molar-refractivity contribution in [1.29, 1.82) is 0 Å². The molecular weight excluding hydrogens is 264 g/mol. The number of nitrogen functional groups attached to an aromatic ring is 1. The summed E-state index contributed by atoms with van der Waals surface area (Å²) >= 11 is 0. The Bertz CT molecular complexity index is 690. The summed E-state index contributed by atoms with van der Waals surface area (Å²) in [7, 11) is 4.15. The maximum Gasteiger partial charge on any atom is 0.227 e. The van der Waals surface area contributed by atoms with E-state index in [1.165, 1.54) is 0 Å². The second kappa shape index (κ2) is 4.80. The molecular formula is C15H22N6. The number of nitrogens with two attached hydrogens (primary N) is 1. The van der Waals surface area contributed by atoms with E-state index in [9.17, 15) is 0 Å². The van der Waals surface area contributed by atoms with Crippen LogP contribution in [0.15, 0.2) is 6.07 Å². The van der Waals surface area contributed by atoms with Gasteiger partial charge in [0, 0.05) is 12.2 Å². The molecule has 0 saturated heterocycles. The highest BCUT2D eigenvalue weighted by Gasteiger charge is 2.43. The van der Waals surface area contributed by atoms with E-state index < -0.39 is 0 Å². The van der Waals surface area contributed by atoms with Gasteiger partial charge >= 0.3 is 0 Å². The van der Waals surface area contributed by atoms with Crippen molar-refractivity contribution in [2.75, 3.05) is 31.7 Å². The summed E-state index contributed by atoms with van der Waals surface area (Å²) in [5.41, 5.74) is 8.87. The fourth-order valence-corrected chi connectivity index (χ4v) is 2.88. The van der Waals surface area contributed by atoms with Gasteiger partial charge < -0.3 is 16.0 Å². The standard InChI is InChI=1S/C15H22N6/c1-9-7-10(2)17-13-11(9)12(16)18-14(19-13)20-15(5-6-15)8-21(3)4/h7H,5-6,8H2,1-4H3,(H3,16,17,18,19,20). The van der Waals surface area contributed by atoms with Crippen LogP contribution in [0.5, 0.6) is 0 Å². The van der Waals surface area contributed by atoms with Gasteiger partial charge in [-0.15, -0.1) is 0 Å². The van der Waals surface area contributed by atoms with Crippen molar-refractivity contribution in [2.24, 2.45) is 0 Å². The third-order valence-corrected chi connectivity index (χ3v) is 3.87. The van der Waals surface area contributed by atoms with Crippen LogP contribution in [0.25, 0.3) is 11.0 Å². The van der Waals surface area contributed by atoms with E-state index in [-0.39, 0.29) is 5.54 Å². The molecule has 2 heterocycles. The number of fused-ring (bicyclic) bond motifs is 1. The highest BCUT2D eigenvalue weighted by Crippen LogP contribution is 2.39. The third kappa shape index (κ3) is 2.76. The van der Waals surface area contributed by atoms with Crippen LogP contribution in [0.1, 0.15) is 24.1 Å². The Kier molecular flexibility index (Phi) is 3.20. The Balaban J connectivity index is 1.97. The normalized spacial score (nSPS) is 16.4. The minimum Gasteiger partial charge on any atom is -0.383 e. The predicted octanol–water partition coefficient (Wildman–Crippen LogP) is 1.73. The Morgan fingerprint density at radius 3 is 2.57 bits per heavy atom. The van der Waals surface area contributed by atoms with E-state index >= 15 is 0 Å². The molecule has 1 aliphatic rings. The maximum absolute atomic E-state index is 6.11. The summed E-state index contributed by atoms with van der Waals surface area (Å²) in [6, 6.07) is 2.00. The highest BCUT2D eigenvalue weighted by atomic mass is 15.2. The first-order chi connectivity index (χ1) is 9.88. The Morgan fingerprint density at radius 1 is 1.24 bits per heavy atom. The van der Waals surface area contributed by atoms with Gasteiger partial charge in [-0.2, -0.15) is 9.97 Å². The molecule has 2 aromatic rings. The van der Waals surface area contributed by atoms with Gasteiger partial charge in [-0.25, -0.2) is 4.98 Å². The number of anilines is 2. The van der Waals surface area contributed by atoms with E-state index in [2.05, 4.69) is 39.3 Å². The molecule has 0 aromatic carbocycles. The first-order valence-corrected chi connectivity index (χ1v) is 7.23. The van der Waals surface area contributed by atoms with Gasteiger partial charge in [-0.1, -0.05) is 0 Å². The molecule has 6 heteroatoms. The first-order valence-electron chi connectivity index (χ1n) is 7.23. The number of aryl methyl sites for hydroxylation is 2. The van der Waals surface area contributed by atoms with Crippen molar-refractivity contribution in [3.8, 4) is 0 Å². The molecule has 0 radical (unpaired) electrons. The number of likely N-dealkylation sites (N-methyl/N-ethyl adjacent to an activating group) is 1. The number of pyridine rings is 1. The van der Waals surface area contributed by atoms with Gasteiger partial charge in [-0.3, -0.25) is 0 Å². The van der Waals surface area contributed by atoms with Crippen LogP contribution in [0, 0.1) is 13.8 Å². The molecule has 0 atom stereocenters. The van der Waals surface area contributed by atoms with Gasteiger partial charge in [0.15, 0.2) is 5.65 Å². The van der Waals surface area contributed by atoms with E-state index in [0.717, 1.165) is 36.0 Å². The van der Waals surface area contributed by atoms with Gasteiger partial charge in [0.2, 0.25) is 5.95 Å². The second-order valence-corrected chi connectivity index (χ2v) is 6.35. The minimum atomic E-state index is 0.0858. The molecule has 2 aromatic heterocycles. The number of aromatic nitrogens is 3. The Labute approximate surface area is 124 Å². The van der Waals surface area contributed by atoms with E-state index in [0.29, 0.717) is 17.4 Å². The average molecular weight is 286 g/mol. The zero-order chi connectivity index (χ0) is 15.2. The van der Waals surface area contributed by atoms with Crippen molar-refractivity contribution < 1.29 is 0 Å². The highest BCUT2D eigenvalue weighted by molar-refractivity contribution is 5.89. The summed E-state index contributed by atoms with van der Waals surface area (Å²) in [5, 5.41) is 4.30. The smallest absolute Gasteiger partial charge is 0.227 e. The average Bonchev–Trinajstić information content (AvgIpc) is 3.05. The Morgan fingerprint density at radius 2 is 1.95 bits per heavy atom. The van der Waals surface area contributed by atoms with Gasteiger partial charge in [0.25, 0.3) is 0 Å². The number of hydrogen-bond acceptors (Lipinski definition) is 6. The summed E-state index contributed by atoms with van der Waals surface area (Å²) < 4.78 is 0. The molecule has 1 aliphatic carbocycles. The lowest BCUT2D eigenvalue weighted by Gasteiger charge is -2.21. The minimum absolute atomic E-state index is 0.0858. The quantitative estimate of drug-likeness (QED) is 0.891. The summed E-state index contributed by atoms with van der Waals surface area (Å²) in [6.45, 7) is 4.94. The van der Waals surface area contributed by atoms with Crippen molar-refractivity contribution in [1.82, 2.24) is 19.9 Å². The molecule has 3 N–H and O–H groups in total. The van der Waals surface area contributed by atoms with Crippen molar-refractivity contribution in [3.05, 3.63) is 17.3 Å². The largest absolute Gasteiger partial charge is 0.383 e. The molecule has 0 amide bonds. The summed E-state index contributed by atoms with van der Waals surface area (Å²) in [4.78, 5) is 15.6. The topological polar surface area (TPSA) is 80.0 Å². The Hall–Kier alpha value is -1.95. The van der Waals surface area contributed by atoms with Gasteiger partial charge in [0.05, 0.1) is 10.9 Å². The molecule has 1 fully saturated rings. The van der Waals surface area contributed by atoms with E-state index in [4.69, 9.17) is 5.73 Å². The molecule has 1 saturated carbocycles. The van der Waals surface area contributed by atoms with E-state index in [1.807, 2.05) is 19.9 Å². The molecule has 0 aliphatic heterocycles. The maximum atomic E-state index is 6.11. The molecule has 21 heavy (non-hydrogen) atoms. The third-order valence-electron chi connectivity index (χ3n) is 3.87. The van der Waals surface area contributed by atoms with Crippen molar-refractivity contribution in [2.45, 2.75) is 32.2 Å². The molecule has 3 rings (SSSR count). The van der Waals surface area contributed by atoms with Crippen LogP contribution in [-0.4, -0.2) is 46.0 Å². The second-order valence-electron chi connectivity index (χ2n) is 6.35. The van der Waals surface area contributed by atoms with Gasteiger partial charge in [-0.05, 0) is 52.4 Å². The zero-order valence-electron chi connectivity index (χ0n) is 13.1. The molecule has 112 valence electrons. The number of nitrogens with one attached hydrogen (secondary N) is 1. The fraction of sp³-hybridized carbons (Fsp3) is 0.533. The van der Waals surface area contributed by atoms with Crippen LogP contribution in [0.4, 0.5) is 11.8 Å². The van der Waals surface area contributed by atoms with Gasteiger partial charge in [0.1, 0.15) is 5.82 Å². The lowest BCUT2D eigenvalue weighted by molar-refractivity contribution is 0.374. The zero-order valence-corrected chi connectivity index (χ0v) is 13.1. The molecule has 6 nitrogen and oxygen atoms in total. The lowest BCUT2D eigenvalue weighted by atomic mass is 10.1. The van der Waals surface area contributed by atoms with Crippen molar-refractivity contribution in [3.63, 3.8) is 0 Å². The first kappa shape index (κ1) is 14.0. The predicted molar refractivity (Wildman–Crippen MR) is 85.4 cm³/mol.